The molecule has 0 bridgehead atoms. The van der Waals surface area contributed by atoms with Crippen LogP contribution in [0.25, 0.3) is 0 Å². The third-order valence-electron chi connectivity index (χ3n) is 6.29. The van der Waals surface area contributed by atoms with Gasteiger partial charge in [0.2, 0.25) is 0 Å². The Morgan fingerprint density at radius 2 is 1.82 bits per heavy atom. The molecule has 9 nitrogen and oxygen atoms in total. The summed E-state index contributed by atoms with van der Waals surface area (Å²) < 4.78 is 25.1. The van der Waals surface area contributed by atoms with Gasteiger partial charge in [-0.15, -0.1) is 0 Å². The Morgan fingerprint density at radius 1 is 1.12 bits per heavy atom. The van der Waals surface area contributed by atoms with Crippen LogP contribution in [0.1, 0.15) is 44.8 Å². The van der Waals surface area contributed by atoms with Crippen LogP contribution in [0.5, 0.6) is 0 Å². The predicted molar refractivity (Wildman–Crippen MR) is 120 cm³/mol. The van der Waals surface area contributed by atoms with Crippen LogP contribution < -0.4 is 10.9 Å². The first-order chi connectivity index (χ1) is 15.7. The van der Waals surface area contributed by atoms with Crippen molar-refractivity contribution in [3.05, 3.63) is 69.1 Å². The van der Waals surface area contributed by atoms with E-state index < -0.39 is 37.7 Å². The van der Waals surface area contributed by atoms with Crippen LogP contribution in [-0.2, 0) is 22.9 Å². The highest BCUT2D eigenvalue weighted by atomic mass is 32.2. The molecule has 0 atom stereocenters. The van der Waals surface area contributed by atoms with E-state index in [1.807, 2.05) is 31.2 Å². The summed E-state index contributed by atoms with van der Waals surface area (Å²) in [5, 5.41) is 11.5. The maximum absolute atomic E-state index is 13.0. The summed E-state index contributed by atoms with van der Waals surface area (Å²) in [6, 6.07) is 12.1. The second-order valence-corrected chi connectivity index (χ2v) is 11.0. The monoisotopic (exact) mass is 468 g/mol. The maximum atomic E-state index is 13.0. The lowest BCUT2D eigenvalue weighted by Crippen LogP contribution is -2.50. The summed E-state index contributed by atoms with van der Waals surface area (Å²) in [7, 11) is -3.63. The zero-order chi connectivity index (χ0) is 23.8. The molecule has 10 heteroatoms. The number of benzene rings is 1. The number of rotatable bonds is 7. The van der Waals surface area contributed by atoms with Crippen LogP contribution in [-0.4, -0.2) is 53.3 Å². The first-order valence-corrected chi connectivity index (χ1v) is 12.3. The molecule has 1 aromatic carbocycles. The van der Waals surface area contributed by atoms with Crippen LogP contribution in [0.4, 0.5) is 0 Å². The Labute approximate surface area is 191 Å². The third-order valence-corrected chi connectivity index (χ3v) is 8.66. The van der Waals surface area contributed by atoms with E-state index in [2.05, 4.69) is 5.32 Å². The molecule has 0 saturated heterocycles. The molecule has 2 heterocycles. The third kappa shape index (κ3) is 4.28. The summed E-state index contributed by atoms with van der Waals surface area (Å²) in [6.45, 7) is 2.56. The number of amides is 2. The van der Waals surface area contributed by atoms with Crippen LogP contribution in [0.3, 0.4) is 0 Å². The molecule has 172 valence electrons. The SMILES string of the molecule is Cc1ccc(CNC(=O)c2ccc3n(c2=O)CCN(CC2(S(=O)(=O)CC#N)CC2)C3=O)cc1. The van der Waals surface area contributed by atoms with Gasteiger partial charge < -0.3 is 14.8 Å². The zero-order valence-electron chi connectivity index (χ0n) is 18.2. The van der Waals surface area contributed by atoms with E-state index in [1.54, 1.807) is 6.07 Å². The fourth-order valence-electron chi connectivity index (χ4n) is 4.07. The number of sulfone groups is 1. The summed E-state index contributed by atoms with van der Waals surface area (Å²) in [5.41, 5.74) is 1.52. The van der Waals surface area contributed by atoms with Crippen molar-refractivity contribution in [2.24, 2.45) is 0 Å². The Morgan fingerprint density at radius 3 is 2.45 bits per heavy atom. The van der Waals surface area contributed by atoms with E-state index in [0.717, 1.165) is 11.1 Å². The number of aromatic nitrogens is 1. The minimum atomic E-state index is -3.63. The second-order valence-electron chi connectivity index (χ2n) is 8.58. The number of fused-ring (bicyclic) bond motifs is 1. The summed E-state index contributed by atoms with van der Waals surface area (Å²) in [4.78, 5) is 39.9. The predicted octanol–water partition coefficient (Wildman–Crippen LogP) is 1.01. The number of carbonyl (C=O) groups excluding carboxylic acids is 2. The molecule has 1 saturated carbocycles. The Hall–Kier alpha value is -3.45. The molecule has 1 aromatic heterocycles. The van der Waals surface area contributed by atoms with Crippen LogP contribution in [0, 0.1) is 18.3 Å². The number of hydrogen-bond donors (Lipinski definition) is 1. The van der Waals surface area contributed by atoms with E-state index in [4.69, 9.17) is 5.26 Å². The largest absolute Gasteiger partial charge is 0.348 e. The smallest absolute Gasteiger partial charge is 0.270 e. The van der Waals surface area contributed by atoms with Gasteiger partial charge in [-0.1, -0.05) is 29.8 Å². The lowest BCUT2D eigenvalue weighted by molar-refractivity contribution is 0.0695. The van der Waals surface area contributed by atoms with Gasteiger partial charge in [0.1, 0.15) is 17.0 Å². The fourth-order valence-corrected chi connectivity index (χ4v) is 5.62. The molecule has 0 radical (unpaired) electrons. The number of carbonyl (C=O) groups is 2. The molecule has 0 spiro atoms. The highest BCUT2D eigenvalue weighted by Crippen LogP contribution is 2.45. The van der Waals surface area contributed by atoms with Gasteiger partial charge in [0, 0.05) is 26.2 Å². The van der Waals surface area contributed by atoms with Gasteiger partial charge >= 0.3 is 0 Å². The van der Waals surface area contributed by atoms with Crippen LogP contribution in [0.15, 0.2) is 41.2 Å². The van der Waals surface area contributed by atoms with E-state index in [9.17, 15) is 22.8 Å². The Bertz CT molecular complexity index is 1320. The maximum Gasteiger partial charge on any atom is 0.270 e. The van der Waals surface area contributed by atoms with Gasteiger partial charge in [-0.2, -0.15) is 5.26 Å². The van der Waals surface area contributed by atoms with Crippen molar-refractivity contribution in [3.8, 4) is 6.07 Å². The molecule has 33 heavy (non-hydrogen) atoms. The molecular weight excluding hydrogens is 444 g/mol. The molecule has 1 aliphatic carbocycles. The summed E-state index contributed by atoms with van der Waals surface area (Å²) in [5.74, 6) is -1.56. The highest BCUT2D eigenvalue weighted by molar-refractivity contribution is 7.93. The van der Waals surface area contributed by atoms with Crippen molar-refractivity contribution in [1.82, 2.24) is 14.8 Å². The molecule has 0 unspecified atom stereocenters. The van der Waals surface area contributed by atoms with Crippen LogP contribution >= 0.6 is 0 Å². The number of nitrogens with one attached hydrogen (secondary N) is 1. The lowest BCUT2D eigenvalue weighted by Gasteiger charge is -2.32. The average Bonchev–Trinajstić information content (AvgIpc) is 3.57. The first-order valence-electron chi connectivity index (χ1n) is 10.6. The number of pyridine rings is 1. The van der Waals surface area contributed by atoms with Gasteiger partial charge in [0.25, 0.3) is 17.4 Å². The van der Waals surface area contributed by atoms with Crippen molar-refractivity contribution < 1.29 is 18.0 Å². The van der Waals surface area contributed by atoms with Crippen LogP contribution in [0.2, 0.25) is 0 Å². The van der Waals surface area contributed by atoms with E-state index >= 15 is 0 Å². The van der Waals surface area contributed by atoms with Gasteiger partial charge in [-0.3, -0.25) is 14.4 Å². The minimum absolute atomic E-state index is 0.00280. The van der Waals surface area contributed by atoms with Crippen molar-refractivity contribution in [2.45, 2.75) is 37.6 Å². The molecule has 1 fully saturated rings. The zero-order valence-corrected chi connectivity index (χ0v) is 19.0. The van der Waals surface area contributed by atoms with Crippen molar-refractivity contribution in [2.75, 3.05) is 18.8 Å². The number of nitriles is 1. The van der Waals surface area contributed by atoms with Gasteiger partial charge in [-0.25, -0.2) is 8.42 Å². The van der Waals surface area contributed by atoms with Gasteiger partial charge in [0.15, 0.2) is 9.84 Å². The lowest BCUT2D eigenvalue weighted by atomic mass is 10.1. The average molecular weight is 469 g/mol. The van der Waals surface area contributed by atoms with Gasteiger partial charge in [0.05, 0.1) is 10.8 Å². The fraction of sp³-hybridized carbons (Fsp3) is 0.391. The van der Waals surface area contributed by atoms with E-state index in [1.165, 1.54) is 21.6 Å². The van der Waals surface area contributed by atoms with Gasteiger partial charge in [-0.05, 0) is 37.5 Å². The standard InChI is InChI=1S/C23H24N4O5S/c1-16-2-4-17(5-3-16)14-25-20(28)18-6-7-19-22(30)26(11-12-27(19)21(18)29)15-23(8-9-23)33(31,32)13-10-24/h2-7H,8-9,11-15H2,1H3,(H,25,28). The molecule has 1 aliphatic heterocycles. The number of hydrogen-bond acceptors (Lipinski definition) is 6. The highest BCUT2D eigenvalue weighted by Gasteiger charge is 2.55. The van der Waals surface area contributed by atoms with Crippen molar-refractivity contribution in [1.29, 1.82) is 5.26 Å². The van der Waals surface area contributed by atoms with Crippen molar-refractivity contribution in [3.63, 3.8) is 0 Å². The Kier molecular flexibility index (Phi) is 5.84. The topological polar surface area (TPSA) is 129 Å². The Balaban J connectivity index is 1.49. The summed E-state index contributed by atoms with van der Waals surface area (Å²) in [6.07, 6.45) is 0.821. The van der Waals surface area contributed by atoms with E-state index in [0.29, 0.717) is 12.8 Å². The number of aryl methyl sites for hydroxylation is 1. The van der Waals surface area contributed by atoms with Crippen molar-refractivity contribution >= 4 is 21.7 Å². The second kappa shape index (κ2) is 8.48. The minimum Gasteiger partial charge on any atom is -0.348 e. The first kappa shape index (κ1) is 22.7. The molecule has 2 aliphatic rings. The molecule has 2 amide bonds. The summed E-state index contributed by atoms with van der Waals surface area (Å²) >= 11 is 0. The quantitative estimate of drug-likeness (QED) is 0.646. The molecule has 2 aromatic rings. The normalized spacial score (nSPS) is 16.6. The number of nitrogens with zero attached hydrogens (tertiary/aromatic N) is 3. The molecular formula is C23H24N4O5S. The molecule has 4 rings (SSSR count). The molecule has 1 N–H and O–H groups in total. The van der Waals surface area contributed by atoms with E-state index in [-0.39, 0.29) is 37.4 Å².